The number of nitrogens with zero attached hydrogens (tertiary/aromatic N) is 4. The van der Waals surface area contributed by atoms with Gasteiger partial charge in [0.15, 0.2) is 15.8 Å². The molecule has 0 bridgehead atoms. The number of aromatic nitrogens is 3. The summed E-state index contributed by atoms with van der Waals surface area (Å²) in [5, 5.41) is 25.5. The van der Waals surface area contributed by atoms with E-state index in [0.717, 1.165) is 18.5 Å². The van der Waals surface area contributed by atoms with Crippen LogP contribution in [0.5, 0.6) is 0 Å². The Labute approximate surface area is 176 Å². The lowest BCUT2D eigenvalue weighted by atomic mass is 9.97. The van der Waals surface area contributed by atoms with E-state index < -0.39 is 33.6 Å². The minimum atomic E-state index is -3.78. The number of carbonyl (C=O) groups is 1. The van der Waals surface area contributed by atoms with Gasteiger partial charge in [-0.2, -0.15) is 5.26 Å². The number of aliphatic hydroxyl groups is 1. The molecule has 0 fully saturated rings. The second-order valence-electron chi connectivity index (χ2n) is 6.57. The molecule has 0 aliphatic rings. The van der Waals surface area contributed by atoms with Crippen LogP contribution in [0.2, 0.25) is 0 Å². The number of aryl methyl sites for hydroxylation is 1. The van der Waals surface area contributed by atoms with Crippen molar-refractivity contribution in [1.82, 2.24) is 15.1 Å². The zero-order valence-electron chi connectivity index (χ0n) is 16.3. The second-order valence-corrected chi connectivity index (χ2v) is 8.55. The smallest absolute Gasteiger partial charge is 0.247 e. The van der Waals surface area contributed by atoms with Gasteiger partial charge in [0, 0.05) is 17.4 Å². The molecule has 3 aromatic rings. The third-order valence-electron chi connectivity index (χ3n) is 4.33. The molecule has 0 aliphatic carbocycles. The maximum absolute atomic E-state index is 13.7. The molecule has 0 radical (unpaired) electrons. The van der Waals surface area contributed by atoms with E-state index in [0.29, 0.717) is 0 Å². The summed E-state index contributed by atoms with van der Waals surface area (Å²) in [6, 6.07) is 6.78. The Kier molecular flexibility index (Phi) is 6.09. The normalized spacial score (nSPS) is 13.3. The number of nitriles is 1. The number of aliphatic hydroxyl groups excluding tert-OH is 1. The minimum Gasteiger partial charge on any atom is -0.386 e. The lowest BCUT2D eigenvalue weighted by Crippen LogP contribution is -2.28. The van der Waals surface area contributed by atoms with Crippen molar-refractivity contribution >= 4 is 21.7 Å². The fraction of sp³-hybridized carbons (Fsp3) is 0.211. The van der Waals surface area contributed by atoms with Gasteiger partial charge in [-0.25, -0.2) is 22.8 Å². The van der Waals surface area contributed by atoms with Crippen LogP contribution in [0, 0.1) is 30.0 Å². The molecule has 3 rings (SSSR count). The molecular formula is C19H16FN5O5S. The number of hydrogen-bond donors (Lipinski definition) is 2. The first-order valence-corrected chi connectivity index (χ1v) is 10.6. The maximum atomic E-state index is 13.7. The molecule has 2 unspecified atom stereocenters. The second kappa shape index (κ2) is 8.58. The summed E-state index contributed by atoms with van der Waals surface area (Å²) < 4.78 is 42.7. The maximum Gasteiger partial charge on any atom is 0.247 e. The summed E-state index contributed by atoms with van der Waals surface area (Å²) in [6.07, 6.45) is 1.57. The zero-order valence-corrected chi connectivity index (χ0v) is 17.1. The Morgan fingerprint density at radius 3 is 2.68 bits per heavy atom. The monoisotopic (exact) mass is 445 g/mol. The topological polar surface area (TPSA) is 159 Å². The predicted octanol–water partition coefficient (Wildman–Crippen LogP) is 1.79. The highest BCUT2D eigenvalue weighted by Crippen LogP contribution is 2.28. The van der Waals surface area contributed by atoms with E-state index in [2.05, 4.69) is 20.4 Å². The number of sulfone groups is 1. The average molecular weight is 445 g/mol. The Bertz CT molecular complexity index is 1280. The number of carbonyl (C=O) groups excluding carboxylic acids is 1. The largest absolute Gasteiger partial charge is 0.386 e. The fourth-order valence-corrected chi connectivity index (χ4v) is 3.53. The molecule has 2 aromatic heterocycles. The number of rotatable bonds is 6. The molecule has 160 valence electrons. The first kappa shape index (κ1) is 22.0. The highest BCUT2D eigenvalue weighted by atomic mass is 32.2. The number of amides is 1. The average Bonchev–Trinajstić information content (AvgIpc) is 3.13. The molecule has 0 spiro atoms. The highest BCUT2D eigenvalue weighted by molar-refractivity contribution is 7.90. The van der Waals surface area contributed by atoms with Crippen molar-refractivity contribution < 1.29 is 27.2 Å². The van der Waals surface area contributed by atoms with Crippen molar-refractivity contribution in [2.24, 2.45) is 5.92 Å². The molecule has 10 nitrogen and oxygen atoms in total. The predicted molar refractivity (Wildman–Crippen MR) is 104 cm³/mol. The van der Waals surface area contributed by atoms with Crippen LogP contribution in [-0.4, -0.2) is 40.8 Å². The summed E-state index contributed by atoms with van der Waals surface area (Å²) >= 11 is 0. The Hall–Kier alpha value is -3.69. The Balaban J connectivity index is 1.96. The molecule has 12 heteroatoms. The van der Waals surface area contributed by atoms with Crippen molar-refractivity contribution in [3.8, 4) is 17.3 Å². The van der Waals surface area contributed by atoms with Crippen molar-refractivity contribution in [2.75, 3.05) is 11.6 Å². The Morgan fingerprint density at radius 2 is 2.10 bits per heavy atom. The highest BCUT2D eigenvalue weighted by Gasteiger charge is 2.31. The van der Waals surface area contributed by atoms with Gasteiger partial charge >= 0.3 is 0 Å². The fourth-order valence-electron chi connectivity index (χ4n) is 2.78. The molecular weight excluding hydrogens is 429 g/mol. The van der Waals surface area contributed by atoms with Crippen LogP contribution >= 0.6 is 0 Å². The standard InChI is InChI=1S/C19H16FN5O5S/c1-10-14(8-23-30-10)17(26)13(7-21)18(27)25-19-22-9-15(31(2,28)29)16(24-19)11-4-3-5-12(20)6-11/h3-6,8-9,13,17,26H,1-2H3,(H,22,24,25,27). The summed E-state index contributed by atoms with van der Waals surface area (Å²) in [4.78, 5) is 20.2. The van der Waals surface area contributed by atoms with Crippen LogP contribution in [0.4, 0.5) is 10.3 Å². The van der Waals surface area contributed by atoms with Crippen molar-refractivity contribution in [3.63, 3.8) is 0 Å². The summed E-state index contributed by atoms with van der Waals surface area (Å²) in [6.45, 7) is 1.51. The SMILES string of the molecule is Cc1oncc1C(O)C(C#N)C(=O)Nc1ncc(S(C)(=O)=O)c(-c2cccc(F)c2)n1. The van der Waals surface area contributed by atoms with Gasteiger partial charge in [0.25, 0.3) is 0 Å². The van der Waals surface area contributed by atoms with Crippen molar-refractivity contribution in [1.29, 1.82) is 5.26 Å². The number of anilines is 1. The minimum absolute atomic E-state index is 0.128. The van der Waals surface area contributed by atoms with E-state index in [1.807, 2.05) is 0 Å². The number of hydrogen-bond acceptors (Lipinski definition) is 9. The van der Waals surface area contributed by atoms with Crippen LogP contribution < -0.4 is 5.32 Å². The summed E-state index contributed by atoms with van der Waals surface area (Å²) in [7, 11) is -3.78. The molecule has 31 heavy (non-hydrogen) atoms. The van der Waals surface area contributed by atoms with Gasteiger partial charge in [0.05, 0.1) is 24.2 Å². The van der Waals surface area contributed by atoms with Crippen LogP contribution in [0.25, 0.3) is 11.3 Å². The molecule has 2 atom stereocenters. The lowest BCUT2D eigenvalue weighted by Gasteiger charge is -2.15. The molecule has 0 saturated carbocycles. The molecule has 1 amide bonds. The molecule has 2 N–H and O–H groups in total. The molecule has 1 aromatic carbocycles. The Morgan fingerprint density at radius 1 is 1.35 bits per heavy atom. The number of nitrogens with one attached hydrogen (secondary N) is 1. The number of halogens is 1. The van der Waals surface area contributed by atoms with Crippen LogP contribution in [0.15, 0.2) is 46.1 Å². The van der Waals surface area contributed by atoms with E-state index in [9.17, 15) is 28.0 Å². The third kappa shape index (κ3) is 4.73. The van der Waals surface area contributed by atoms with Gasteiger partial charge in [-0.3, -0.25) is 10.1 Å². The van der Waals surface area contributed by atoms with Gasteiger partial charge in [-0.1, -0.05) is 17.3 Å². The molecule has 0 saturated heterocycles. The van der Waals surface area contributed by atoms with Gasteiger partial charge in [-0.05, 0) is 19.1 Å². The first-order chi connectivity index (χ1) is 14.6. The van der Waals surface area contributed by atoms with Crippen LogP contribution in [0.1, 0.15) is 17.4 Å². The van der Waals surface area contributed by atoms with E-state index >= 15 is 0 Å². The van der Waals surface area contributed by atoms with Crippen molar-refractivity contribution in [3.05, 3.63) is 53.8 Å². The van der Waals surface area contributed by atoms with E-state index in [1.54, 1.807) is 6.07 Å². The van der Waals surface area contributed by atoms with Gasteiger partial charge in [0.2, 0.25) is 11.9 Å². The van der Waals surface area contributed by atoms with Gasteiger partial charge < -0.3 is 9.63 Å². The van der Waals surface area contributed by atoms with Crippen LogP contribution in [0.3, 0.4) is 0 Å². The van der Waals surface area contributed by atoms with Gasteiger partial charge in [-0.15, -0.1) is 0 Å². The van der Waals surface area contributed by atoms with Gasteiger partial charge in [0.1, 0.15) is 22.6 Å². The summed E-state index contributed by atoms with van der Waals surface area (Å²) in [5.41, 5.74) is 0.182. The van der Waals surface area contributed by atoms with E-state index in [-0.39, 0.29) is 33.4 Å². The quantitative estimate of drug-likeness (QED) is 0.576. The van der Waals surface area contributed by atoms with E-state index in [4.69, 9.17) is 4.52 Å². The first-order valence-electron chi connectivity index (χ1n) is 8.74. The van der Waals surface area contributed by atoms with Crippen LogP contribution in [-0.2, 0) is 14.6 Å². The summed E-state index contributed by atoms with van der Waals surface area (Å²) in [5.74, 6) is -3.20. The third-order valence-corrected chi connectivity index (χ3v) is 5.43. The zero-order chi connectivity index (χ0) is 22.8. The molecule has 0 aliphatic heterocycles. The molecule has 2 heterocycles. The number of benzene rings is 1. The van der Waals surface area contributed by atoms with E-state index in [1.165, 1.54) is 31.3 Å². The lowest BCUT2D eigenvalue weighted by molar-refractivity contribution is -0.121. The van der Waals surface area contributed by atoms with Crippen molar-refractivity contribution in [2.45, 2.75) is 17.9 Å².